The van der Waals surface area contributed by atoms with Gasteiger partial charge in [0.25, 0.3) is 0 Å². The summed E-state index contributed by atoms with van der Waals surface area (Å²) in [4.78, 5) is 0. The van der Waals surface area contributed by atoms with E-state index < -0.39 is 5.72 Å². The second-order valence-electron chi connectivity index (χ2n) is 3.67. The Balaban J connectivity index is 3.68. The Morgan fingerprint density at radius 3 is 1.70 bits per heavy atom. The Morgan fingerprint density at radius 2 is 1.60 bits per heavy atom. The zero-order valence-corrected chi connectivity index (χ0v) is 7.64. The van der Waals surface area contributed by atoms with Crippen LogP contribution in [0.1, 0.15) is 34.6 Å². The maximum Gasteiger partial charge on any atom is 0.111 e. The first-order valence-electron chi connectivity index (χ1n) is 3.79. The molecule has 0 aliphatic heterocycles. The number of nitrogens with two attached hydrogens (primary N) is 1. The van der Waals surface area contributed by atoms with Crippen LogP contribution in [-0.2, 0) is 4.74 Å². The molecule has 2 heteroatoms. The van der Waals surface area contributed by atoms with Crippen LogP contribution in [0.4, 0.5) is 0 Å². The van der Waals surface area contributed by atoms with E-state index in [-0.39, 0.29) is 6.10 Å². The van der Waals surface area contributed by atoms with E-state index in [1.54, 1.807) is 0 Å². The van der Waals surface area contributed by atoms with Gasteiger partial charge < -0.3 is 10.5 Å². The van der Waals surface area contributed by atoms with Gasteiger partial charge in [-0.3, -0.25) is 0 Å². The molecule has 0 amide bonds. The molecule has 0 spiro atoms. The molecule has 0 rings (SSSR count). The fourth-order valence-corrected chi connectivity index (χ4v) is 0.615. The third-order valence-corrected chi connectivity index (χ3v) is 1.43. The maximum atomic E-state index is 5.65. The Kier molecular flexibility index (Phi) is 3.33. The van der Waals surface area contributed by atoms with Gasteiger partial charge in [0.1, 0.15) is 5.72 Å². The summed E-state index contributed by atoms with van der Waals surface area (Å²) in [7, 11) is 0. The summed E-state index contributed by atoms with van der Waals surface area (Å²) >= 11 is 0. The fraction of sp³-hybridized carbons (Fsp3) is 1.00. The monoisotopic (exact) mass is 145 g/mol. The SMILES string of the molecule is CC(C)C(C)OC(C)(C)N. The van der Waals surface area contributed by atoms with Crippen molar-refractivity contribution in [3.63, 3.8) is 0 Å². The Hall–Kier alpha value is -0.0800. The van der Waals surface area contributed by atoms with Crippen molar-refractivity contribution in [1.82, 2.24) is 0 Å². The van der Waals surface area contributed by atoms with Crippen LogP contribution >= 0.6 is 0 Å². The minimum atomic E-state index is -0.496. The molecule has 0 aliphatic rings. The Labute approximate surface area is 63.7 Å². The van der Waals surface area contributed by atoms with Crippen molar-refractivity contribution >= 4 is 0 Å². The Bertz CT molecular complexity index is 93.9. The van der Waals surface area contributed by atoms with Crippen molar-refractivity contribution in [2.75, 3.05) is 0 Å². The third-order valence-electron chi connectivity index (χ3n) is 1.43. The smallest absolute Gasteiger partial charge is 0.111 e. The van der Waals surface area contributed by atoms with Crippen molar-refractivity contribution < 1.29 is 4.74 Å². The van der Waals surface area contributed by atoms with E-state index >= 15 is 0 Å². The first-order valence-corrected chi connectivity index (χ1v) is 3.79. The molecule has 2 N–H and O–H groups in total. The highest BCUT2D eigenvalue weighted by Crippen LogP contribution is 2.11. The molecule has 0 aliphatic carbocycles. The highest BCUT2D eigenvalue weighted by molar-refractivity contribution is 4.63. The zero-order valence-electron chi connectivity index (χ0n) is 7.64. The molecule has 0 bridgehead atoms. The number of hydrogen-bond donors (Lipinski definition) is 1. The second kappa shape index (κ2) is 3.35. The van der Waals surface area contributed by atoms with Crippen LogP contribution < -0.4 is 5.73 Å². The Morgan fingerprint density at radius 1 is 1.20 bits per heavy atom. The molecule has 1 unspecified atom stereocenters. The van der Waals surface area contributed by atoms with Gasteiger partial charge in [-0.2, -0.15) is 0 Å². The molecule has 0 aromatic rings. The molecule has 0 aromatic carbocycles. The lowest BCUT2D eigenvalue weighted by molar-refractivity contribution is -0.0773. The van der Waals surface area contributed by atoms with Crippen molar-refractivity contribution in [3.8, 4) is 0 Å². The van der Waals surface area contributed by atoms with Crippen LogP contribution in [0.2, 0.25) is 0 Å². The summed E-state index contributed by atoms with van der Waals surface area (Å²) in [5, 5.41) is 0. The van der Waals surface area contributed by atoms with E-state index in [2.05, 4.69) is 13.8 Å². The summed E-state index contributed by atoms with van der Waals surface area (Å²) in [6.45, 7) is 10.0. The van der Waals surface area contributed by atoms with Crippen molar-refractivity contribution in [2.24, 2.45) is 11.7 Å². The van der Waals surface area contributed by atoms with Crippen LogP contribution in [0.15, 0.2) is 0 Å². The third kappa shape index (κ3) is 4.77. The molecule has 0 saturated heterocycles. The van der Waals surface area contributed by atoms with Crippen molar-refractivity contribution in [2.45, 2.75) is 46.4 Å². The van der Waals surface area contributed by atoms with E-state index in [9.17, 15) is 0 Å². The van der Waals surface area contributed by atoms with Crippen LogP contribution in [0.5, 0.6) is 0 Å². The molecule has 0 aromatic heterocycles. The van der Waals surface area contributed by atoms with E-state index in [1.807, 2.05) is 20.8 Å². The molecule has 62 valence electrons. The topological polar surface area (TPSA) is 35.2 Å². The van der Waals surface area contributed by atoms with E-state index in [4.69, 9.17) is 10.5 Å². The highest BCUT2D eigenvalue weighted by atomic mass is 16.5. The molecular weight excluding hydrogens is 126 g/mol. The highest BCUT2D eigenvalue weighted by Gasteiger charge is 2.17. The second-order valence-corrected chi connectivity index (χ2v) is 3.67. The largest absolute Gasteiger partial charge is 0.358 e. The molecular formula is C8H19NO. The number of ether oxygens (including phenoxy) is 1. The molecule has 0 saturated carbocycles. The number of rotatable bonds is 3. The van der Waals surface area contributed by atoms with Crippen LogP contribution in [0.25, 0.3) is 0 Å². The normalized spacial score (nSPS) is 15.9. The predicted octanol–water partition coefficient (Wildman–Crippen LogP) is 1.74. The molecule has 0 heterocycles. The lowest BCUT2D eigenvalue weighted by atomic mass is 10.1. The van der Waals surface area contributed by atoms with Gasteiger partial charge in [0.15, 0.2) is 0 Å². The summed E-state index contributed by atoms with van der Waals surface area (Å²) < 4.78 is 5.48. The van der Waals surface area contributed by atoms with E-state index in [0.29, 0.717) is 5.92 Å². The van der Waals surface area contributed by atoms with Gasteiger partial charge in [0.2, 0.25) is 0 Å². The van der Waals surface area contributed by atoms with Crippen molar-refractivity contribution in [3.05, 3.63) is 0 Å². The van der Waals surface area contributed by atoms with Gasteiger partial charge in [-0.1, -0.05) is 13.8 Å². The average Bonchev–Trinajstić information content (AvgIpc) is 1.60. The van der Waals surface area contributed by atoms with Gasteiger partial charge >= 0.3 is 0 Å². The standard InChI is InChI=1S/C8H19NO/c1-6(2)7(3)10-8(4,5)9/h6-7H,9H2,1-5H3. The minimum absolute atomic E-state index is 0.236. The molecule has 1 atom stereocenters. The lowest BCUT2D eigenvalue weighted by Crippen LogP contribution is -2.39. The zero-order chi connectivity index (χ0) is 8.36. The fourth-order valence-electron chi connectivity index (χ4n) is 0.615. The van der Waals surface area contributed by atoms with Gasteiger partial charge in [-0.05, 0) is 26.7 Å². The summed E-state index contributed by atoms with van der Waals surface area (Å²) in [6.07, 6.45) is 0.236. The molecule has 0 fully saturated rings. The molecule has 2 nitrogen and oxygen atoms in total. The van der Waals surface area contributed by atoms with Gasteiger partial charge in [0.05, 0.1) is 6.10 Å². The lowest BCUT2D eigenvalue weighted by Gasteiger charge is -2.27. The van der Waals surface area contributed by atoms with E-state index in [1.165, 1.54) is 0 Å². The quantitative estimate of drug-likeness (QED) is 0.614. The average molecular weight is 145 g/mol. The number of hydrogen-bond acceptors (Lipinski definition) is 2. The van der Waals surface area contributed by atoms with E-state index in [0.717, 1.165) is 0 Å². The first kappa shape index (κ1) is 9.92. The maximum absolute atomic E-state index is 5.65. The minimum Gasteiger partial charge on any atom is -0.358 e. The first-order chi connectivity index (χ1) is 4.33. The summed E-state index contributed by atoms with van der Waals surface area (Å²) in [5.41, 5.74) is 5.16. The van der Waals surface area contributed by atoms with Gasteiger partial charge in [0, 0.05) is 0 Å². The summed E-state index contributed by atoms with van der Waals surface area (Å²) in [5.74, 6) is 0.530. The molecule has 10 heavy (non-hydrogen) atoms. The summed E-state index contributed by atoms with van der Waals surface area (Å²) in [6, 6.07) is 0. The molecule has 0 radical (unpaired) electrons. The van der Waals surface area contributed by atoms with Gasteiger partial charge in [-0.25, -0.2) is 0 Å². The van der Waals surface area contributed by atoms with Crippen LogP contribution in [0.3, 0.4) is 0 Å². The van der Waals surface area contributed by atoms with Crippen LogP contribution in [-0.4, -0.2) is 11.8 Å². The predicted molar refractivity (Wildman–Crippen MR) is 43.7 cm³/mol. The van der Waals surface area contributed by atoms with Crippen LogP contribution in [0, 0.1) is 5.92 Å². The van der Waals surface area contributed by atoms with Crippen molar-refractivity contribution in [1.29, 1.82) is 0 Å². The van der Waals surface area contributed by atoms with Gasteiger partial charge in [-0.15, -0.1) is 0 Å².